The molecule has 0 atom stereocenters. The topological polar surface area (TPSA) is 74.7 Å². The highest BCUT2D eigenvalue weighted by Crippen LogP contribution is 2.34. The number of carbonyl (C=O) groups is 1. The fraction of sp³-hybridized carbons (Fsp3) is 0.118. The van der Waals surface area contributed by atoms with Crippen molar-refractivity contribution in [3.05, 3.63) is 71.1 Å². The van der Waals surface area contributed by atoms with Crippen molar-refractivity contribution in [1.29, 1.82) is 0 Å². The third-order valence-electron chi connectivity index (χ3n) is 3.93. The molecule has 1 heterocycles. The number of fused-ring (bicyclic) bond motifs is 1. The highest BCUT2D eigenvalue weighted by molar-refractivity contribution is 7.89. The first-order valence-electron chi connectivity index (χ1n) is 7.36. The van der Waals surface area contributed by atoms with Crippen molar-refractivity contribution in [2.24, 2.45) is 0 Å². The molecule has 0 spiro atoms. The number of sulfonamides is 1. The molecule has 0 amide bonds. The summed E-state index contributed by atoms with van der Waals surface area (Å²) in [5.41, 5.74) is 0.0735. The van der Waals surface area contributed by atoms with E-state index in [1.165, 1.54) is 18.2 Å². The lowest BCUT2D eigenvalue weighted by atomic mass is 10.0. The maximum atomic E-state index is 13.9. The Morgan fingerprint density at radius 3 is 2.46 bits per heavy atom. The van der Waals surface area contributed by atoms with Crippen LogP contribution in [0.15, 0.2) is 47.4 Å². The van der Waals surface area contributed by atoms with Crippen LogP contribution in [-0.4, -0.2) is 30.3 Å². The maximum Gasteiger partial charge on any atom is 0.328 e. The average Bonchev–Trinajstić information content (AvgIpc) is 2.56. The molecule has 1 aliphatic heterocycles. The van der Waals surface area contributed by atoms with E-state index in [4.69, 9.17) is 5.11 Å². The van der Waals surface area contributed by atoms with E-state index in [0.29, 0.717) is 12.1 Å². The van der Waals surface area contributed by atoms with E-state index < -0.39 is 40.0 Å². The van der Waals surface area contributed by atoms with E-state index in [2.05, 4.69) is 0 Å². The molecule has 1 aliphatic rings. The third kappa shape index (κ3) is 3.23. The van der Waals surface area contributed by atoms with E-state index in [0.717, 1.165) is 10.4 Å². The van der Waals surface area contributed by atoms with Gasteiger partial charge in [-0.1, -0.05) is 18.2 Å². The number of hydrogen-bond acceptors (Lipinski definition) is 3. The van der Waals surface area contributed by atoms with E-state index in [1.807, 2.05) is 0 Å². The lowest BCUT2D eigenvalue weighted by Gasteiger charge is -2.30. The normalized spacial score (nSPS) is 17.9. The van der Waals surface area contributed by atoms with Gasteiger partial charge in [-0.05, 0) is 23.3 Å². The molecule has 9 heteroatoms. The van der Waals surface area contributed by atoms with Gasteiger partial charge in [0.05, 0.1) is 4.90 Å². The van der Waals surface area contributed by atoms with Crippen LogP contribution in [0.1, 0.15) is 11.1 Å². The lowest BCUT2D eigenvalue weighted by molar-refractivity contribution is -0.131. The Morgan fingerprint density at radius 2 is 1.77 bits per heavy atom. The van der Waals surface area contributed by atoms with Gasteiger partial charge in [-0.3, -0.25) is 0 Å². The Kier molecular flexibility index (Phi) is 4.59. The fourth-order valence-electron chi connectivity index (χ4n) is 2.74. The van der Waals surface area contributed by atoms with Gasteiger partial charge in [-0.15, -0.1) is 0 Å². The van der Waals surface area contributed by atoms with Gasteiger partial charge >= 0.3 is 5.97 Å². The molecule has 0 radical (unpaired) electrons. The first-order chi connectivity index (χ1) is 12.2. The summed E-state index contributed by atoms with van der Waals surface area (Å²) in [7, 11) is -4.07. The molecule has 136 valence electrons. The van der Waals surface area contributed by atoms with E-state index >= 15 is 0 Å². The number of halogens is 3. The number of benzene rings is 2. The van der Waals surface area contributed by atoms with Crippen molar-refractivity contribution in [3.63, 3.8) is 0 Å². The van der Waals surface area contributed by atoms with Crippen LogP contribution < -0.4 is 0 Å². The van der Waals surface area contributed by atoms with Gasteiger partial charge < -0.3 is 5.11 Å². The molecule has 5 nitrogen and oxygen atoms in total. The summed E-state index contributed by atoms with van der Waals surface area (Å²) < 4.78 is 66.7. The monoisotopic (exact) mass is 383 g/mol. The fourth-order valence-corrected chi connectivity index (χ4v) is 4.37. The molecule has 0 aromatic heterocycles. The zero-order valence-electron chi connectivity index (χ0n) is 13.1. The van der Waals surface area contributed by atoms with Crippen molar-refractivity contribution in [2.45, 2.75) is 11.4 Å². The minimum absolute atomic E-state index is 0.137. The second-order valence-corrected chi connectivity index (χ2v) is 7.54. The molecular formula is C17H12F3NO4S. The molecular weight excluding hydrogens is 371 g/mol. The number of carboxylic acid groups (broad SMARTS) is 1. The molecule has 2 aromatic rings. The molecule has 0 bridgehead atoms. The Bertz CT molecular complexity index is 1030. The largest absolute Gasteiger partial charge is 0.478 e. The smallest absolute Gasteiger partial charge is 0.328 e. The van der Waals surface area contributed by atoms with E-state index in [1.54, 1.807) is 6.07 Å². The summed E-state index contributed by atoms with van der Waals surface area (Å²) in [4.78, 5) is 10.9. The van der Waals surface area contributed by atoms with Crippen LogP contribution in [0.3, 0.4) is 0 Å². The Hall–Kier alpha value is -2.65. The molecule has 0 aliphatic carbocycles. The van der Waals surface area contributed by atoms with Crippen molar-refractivity contribution in [2.75, 3.05) is 6.54 Å². The number of carboxylic acids is 1. The van der Waals surface area contributed by atoms with Crippen LogP contribution in [0, 0.1) is 17.5 Å². The highest BCUT2D eigenvalue weighted by Gasteiger charge is 2.34. The van der Waals surface area contributed by atoms with Crippen molar-refractivity contribution < 1.29 is 31.5 Å². The molecule has 0 saturated heterocycles. The van der Waals surface area contributed by atoms with Crippen LogP contribution in [0.5, 0.6) is 0 Å². The Balaban J connectivity index is 2.09. The van der Waals surface area contributed by atoms with Crippen LogP contribution in [0.25, 0.3) is 5.57 Å². The summed E-state index contributed by atoms with van der Waals surface area (Å²) in [5, 5.41) is 9.01. The van der Waals surface area contributed by atoms with Gasteiger partial charge in [0.25, 0.3) is 0 Å². The molecule has 0 fully saturated rings. The quantitative estimate of drug-likeness (QED) is 0.653. The van der Waals surface area contributed by atoms with Gasteiger partial charge in [0.2, 0.25) is 10.0 Å². The number of aliphatic carboxylic acids is 1. The summed E-state index contributed by atoms with van der Waals surface area (Å²) in [6, 6.07) is 6.72. The standard InChI is InChI=1S/C17H12F3NO4S/c18-13-7-15(20)14(19)5-11(13)9-21-8-10(6-17(22)23)12-3-1-2-4-16(12)26(21,24)25/h1-7H,8-9H2,(H,22,23)/b10-6-. The molecule has 2 aromatic carbocycles. The summed E-state index contributed by atoms with van der Waals surface area (Å²) in [5.74, 6) is -5.06. The number of hydrogen-bond donors (Lipinski definition) is 1. The van der Waals surface area contributed by atoms with Crippen molar-refractivity contribution in [1.82, 2.24) is 4.31 Å². The lowest BCUT2D eigenvalue weighted by Crippen LogP contribution is -2.36. The first kappa shape index (κ1) is 18.2. The van der Waals surface area contributed by atoms with E-state index in [-0.39, 0.29) is 28.1 Å². The minimum Gasteiger partial charge on any atom is -0.478 e. The van der Waals surface area contributed by atoms with Gasteiger partial charge in [0, 0.05) is 30.8 Å². The summed E-state index contributed by atoms with van der Waals surface area (Å²) in [6.07, 6.45) is 0.863. The van der Waals surface area contributed by atoms with Crippen LogP contribution in [-0.2, 0) is 21.4 Å². The molecule has 3 rings (SSSR count). The number of rotatable bonds is 3. The van der Waals surface area contributed by atoms with Crippen LogP contribution in [0.4, 0.5) is 13.2 Å². The Labute approximate surface area is 147 Å². The summed E-state index contributed by atoms with van der Waals surface area (Å²) >= 11 is 0. The maximum absolute atomic E-state index is 13.9. The number of nitrogens with zero attached hydrogens (tertiary/aromatic N) is 1. The zero-order valence-corrected chi connectivity index (χ0v) is 13.9. The SMILES string of the molecule is O=C(O)/C=C1/CN(Cc2cc(F)c(F)cc2F)S(=O)(=O)c2ccccc21. The molecule has 0 saturated carbocycles. The first-order valence-corrected chi connectivity index (χ1v) is 8.80. The highest BCUT2D eigenvalue weighted by atomic mass is 32.2. The second kappa shape index (κ2) is 6.58. The van der Waals surface area contributed by atoms with Crippen molar-refractivity contribution >= 4 is 21.6 Å². The van der Waals surface area contributed by atoms with Gasteiger partial charge in [-0.25, -0.2) is 26.4 Å². The average molecular weight is 383 g/mol. The predicted molar refractivity (Wildman–Crippen MR) is 86.0 cm³/mol. The predicted octanol–water partition coefficient (Wildman–Crippen LogP) is 2.78. The second-order valence-electron chi connectivity index (χ2n) is 5.63. The third-order valence-corrected chi connectivity index (χ3v) is 5.78. The van der Waals surface area contributed by atoms with Gasteiger partial charge in [0.1, 0.15) is 5.82 Å². The zero-order chi connectivity index (χ0) is 19.1. The van der Waals surface area contributed by atoms with Crippen LogP contribution in [0.2, 0.25) is 0 Å². The van der Waals surface area contributed by atoms with Gasteiger partial charge in [-0.2, -0.15) is 4.31 Å². The minimum atomic E-state index is -4.07. The van der Waals surface area contributed by atoms with E-state index in [9.17, 15) is 26.4 Å². The molecule has 0 unspecified atom stereocenters. The molecule has 26 heavy (non-hydrogen) atoms. The Morgan fingerprint density at radius 1 is 1.12 bits per heavy atom. The van der Waals surface area contributed by atoms with Crippen LogP contribution >= 0.6 is 0 Å². The van der Waals surface area contributed by atoms with Crippen molar-refractivity contribution in [3.8, 4) is 0 Å². The van der Waals surface area contributed by atoms with Gasteiger partial charge in [0.15, 0.2) is 11.6 Å². The molecule has 1 N–H and O–H groups in total. The summed E-state index contributed by atoms with van der Waals surface area (Å²) in [6.45, 7) is -0.916.